The van der Waals surface area contributed by atoms with E-state index in [9.17, 15) is 0 Å². The molecule has 16 heavy (non-hydrogen) atoms. The molecule has 3 rings (SSSR count). The van der Waals surface area contributed by atoms with Gasteiger partial charge in [-0.05, 0) is 26.3 Å². The van der Waals surface area contributed by atoms with Gasteiger partial charge in [-0.15, -0.1) is 0 Å². The highest BCUT2D eigenvalue weighted by molar-refractivity contribution is 5.13. The Morgan fingerprint density at radius 3 is 3.25 bits per heavy atom. The first-order chi connectivity index (χ1) is 7.80. The molecule has 0 aliphatic carbocycles. The zero-order chi connectivity index (χ0) is 11.0. The molecule has 4 nitrogen and oxygen atoms in total. The smallest absolute Gasteiger partial charge is 0.0954 e. The van der Waals surface area contributed by atoms with Crippen LogP contribution in [0.5, 0.6) is 0 Å². The highest BCUT2D eigenvalue weighted by Gasteiger charge is 2.34. The molecule has 0 saturated carbocycles. The van der Waals surface area contributed by atoms with Crippen molar-refractivity contribution in [2.45, 2.75) is 31.2 Å². The Bertz CT molecular complexity index is 362. The maximum atomic E-state index is 5.54. The van der Waals surface area contributed by atoms with Gasteiger partial charge in [0.15, 0.2) is 0 Å². The fourth-order valence-electron chi connectivity index (χ4n) is 2.81. The van der Waals surface area contributed by atoms with Crippen LogP contribution in [0.15, 0.2) is 12.5 Å². The van der Waals surface area contributed by atoms with Crippen LogP contribution in [0.25, 0.3) is 0 Å². The molecule has 88 valence electrons. The zero-order valence-corrected chi connectivity index (χ0v) is 9.78. The molecule has 0 spiro atoms. The van der Waals surface area contributed by atoms with Crippen LogP contribution in [0.4, 0.5) is 0 Å². The van der Waals surface area contributed by atoms with Crippen LogP contribution in [-0.4, -0.2) is 35.9 Å². The summed E-state index contributed by atoms with van der Waals surface area (Å²) in [5.41, 5.74) is 1.49. The minimum absolute atomic E-state index is 0.119. The van der Waals surface area contributed by atoms with Gasteiger partial charge in [0, 0.05) is 31.0 Å². The van der Waals surface area contributed by atoms with Gasteiger partial charge in [0.25, 0.3) is 0 Å². The summed E-state index contributed by atoms with van der Waals surface area (Å²) in [6, 6.07) is 0. The lowest BCUT2D eigenvalue weighted by Crippen LogP contribution is -2.32. The van der Waals surface area contributed by atoms with E-state index in [1.807, 2.05) is 12.5 Å². The zero-order valence-electron chi connectivity index (χ0n) is 9.78. The molecule has 2 fully saturated rings. The molecule has 1 N–H and O–H groups in total. The Kier molecular flexibility index (Phi) is 2.48. The van der Waals surface area contributed by atoms with Gasteiger partial charge in [-0.1, -0.05) is 0 Å². The number of hydrogen-bond donors (Lipinski definition) is 1. The molecule has 2 atom stereocenters. The highest BCUT2D eigenvalue weighted by Crippen LogP contribution is 2.32. The second-order valence-corrected chi connectivity index (χ2v) is 5.18. The van der Waals surface area contributed by atoms with Crippen LogP contribution in [0.1, 0.15) is 31.4 Å². The fourth-order valence-corrected chi connectivity index (χ4v) is 2.81. The lowest BCUT2D eigenvalue weighted by atomic mass is 9.98. The molecule has 2 aliphatic heterocycles. The maximum Gasteiger partial charge on any atom is 0.0954 e. The molecular formula is C12H19N3O. The van der Waals surface area contributed by atoms with Crippen molar-refractivity contribution in [1.82, 2.24) is 14.9 Å². The topological polar surface area (TPSA) is 39.1 Å². The monoisotopic (exact) mass is 221 g/mol. The number of aromatic nitrogens is 2. The number of nitrogens with one attached hydrogen (secondary N) is 1. The van der Waals surface area contributed by atoms with Crippen LogP contribution < -0.4 is 5.32 Å². The summed E-state index contributed by atoms with van der Waals surface area (Å²) in [5, 5.41) is 3.42. The van der Waals surface area contributed by atoms with Gasteiger partial charge in [0.05, 0.1) is 18.5 Å². The lowest BCUT2D eigenvalue weighted by molar-refractivity contribution is 0.160. The summed E-state index contributed by atoms with van der Waals surface area (Å²) in [7, 11) is 0. The molecule has 0 amide bonds. The van der Waals surface area contributed by atoms with Crippen molar-refractivity contribution in [2.24, 2.45) is 0 Å². The Labute approximate surface area is 96.0 Å². The average Bonchev–Trinajstić information content (AvgIpc) is 2.98. The molecule has 2 aliphatic rings. The summed E-state index contributed by atoms with van der Waals surface area (Å²) in [6.07, 6.45) is 6.32. The van der Waals surface area contributed by atoms with E-state index in [2.05, 4.69) is 21.8 Å². The molecular weight excluding hydrogens is 202 g/mol. The normalized spacial score (nSPS) is 34.7. The van der Waals surface area contributed by atoms with E-state index in [1.54, 1.807) is 0 Å². The minimum atomic E-state index is 0.119. The first-order valence-corrected chi connectivity index (χ1v) is 6.11. The molecule has 2 saturated heterocycles. The number of nitrogens with zero attached hydrogens (tertiary/aromatic N) is 2. The predicted octanol–water partition coefficient (Wildman–Crippen LogP) is 1.10. The van der Waals surface area contributed by atoms with Crippen molar-refractivity contribution in [3.8, 4) is 0 Å². The van der Waals surface area contributed by atoms with E-state index in [0.29, 0.717) is 5.92 Å². The van der Waals surface area contributed by atoms with Gasteiger partial charge in [-0.25, -0.2) is 4.98 Å². The third kappa shape index (κ3) is 1.57. The van der Waals surface area contributed by atoms with Crippen LogP contribution in [0.3, 0.4) is 0 Å². The first kappa shape index (κ1) is 10.3. The predicted molar refractivity (Wildman–Crippen MR) is 61.5 cm³/mol. The molecule has 4 heteroatoms. The van der Waals surface area contributed by atoms with Gasteiger partial charge in [0.1, 0.15) is 0 Å². The number of ether oxygens (including phenoxy) is 1. The number of hydrogen-bond acceptors (Lipinski definition) is 3. The van der Waals surface area contributed by atoms with Gasteiger partial charge in [-0.3, -0.25) is 0 Å². The van der Waals surface area contributed by atoms with Crippen LogP contribution in [-0.2, 0) is 10.3 Å². The molecule has 2 unspecified atom stereocenters. The highest BCUT2D eigenvalue weighted by atomic mass is 16.5. The standard InChI is InChI=1S/C12H19N3O/c1-12(3-5-16-8-12)15-9-14-7-11(15)10-2-4-13-6-10/h7,9-10,13H,2-6,8H2,1H3. The van der Waals surface area contributed by atoms with E-state index in [1.165, 1.54) is 12.1 Å². The molecule has 3 heterocycles. The third-order valence-corrected chi connectivity index (χ3v) is 3.93. The van der Waals surface area contributed by atoms with Crippen molar-refractivity contribution < 1.29 is 4.74 Å². The van der Waals surface area contributed by atoms with Gasteiger partial charge in [-0.2, -0.15) is 0 Å². The Morgan fingerprint density at radius 1 is 1.62 bits per heavy atom. The molecule has 0 radical (unpaired) electrons. The minimum Gasteiger partial charge on any atom is -0.379 e. The quantitative estimate of drug-likeness (QED) is 0.812. The summed E-state index contributed by atoms with van der Waals surface area (Å²) in [6.45, 7) is 6.17. The van der Waals surface area contributed by atoms with Crippen LogP contribution in [0.2, 0.25) is 0 Å². The van der Waals surface area contributed by atoms with E-state index < -0.39 is 0 Å². The Morgan fingerprint density at radius 2 is 2.56 bits per heavy atom. The Balaban J connectivity index is 1.92. The second-order valence-electron chi connectivity index (χ2n) is 5.18. The third-order valence-electron chi connectivity index (χ3n) is 3.93. The van der Waals surface area contributed by atoms with Crippen molar-refractivity contribution in [2.75, 3.05) is 26.3 Å². The largest absolute Gasteiger partial charge is 0.379 e. The fraction of sp³-hybridized carbons (Fsp3) is 0.750. The van der Waals surface area contributed by atoms with Crippen molar-refractivity contribution in [1.29, 1.82) is 0 Å². The summed E-state index contributed by atoms with van der Waals surface area (Å²) >= 11 is 0. The molecule has 0 bridgehead atoms. The van der Waals surface area contributed by atoms with E-state index >= 15 is 0 Å². The molecule has 1 aromatic heterocycles. The summed E-state index contributed by atoms with van der Waals surface area (Å²) in [5.74, 6) is 0.625. The Hall–Kier alpha value is -0.870. The van der Waals surface area contributed by atoms with Crippen LogP contribution in [0, 0.1) is 0 Å². The summed E-state index contributed by atoms with van der Waals surface area (Å²) < 4.78 is 7.88. The van der Waals surface area contributed by atoms with Gasteiger partial charge in [0.2, 0.25) is 0 Å². The van der Waals surface area contributed by atoms with E-state index in [-0.39, 0.29) is 5.54 Å². The second kappa shape index (κ2) is 3.86. The van der Waals surface area contributed by atoms with Crippen molar-refractivity contribution in [3.05, 3.63) is 18.2 Å². The van der Waals surface area contributed by atoms with Gasteiger partial charge < -0.3 is 14.6 Å². The summed E-state index contributed by atoms with van der Waals surface area (Å²) in [4.78, 5) is 4.34. The average molecular weight is 221 g/mol. The van der Waals surface area contributed by atoms with Gasteiger partial charge >= 0.3 is 0 Å². The number of imidazole rings is 1. The maximum absolute atomic E-state index is 5.54. The van der Waals surface area contributed by atoms with E-state index in [4.69, 9.17) is 4.74 Å². The van der Waals surface area contributed by atoms with E-state index in [0.717, 1.165) is 32.7 Å². The van der Waals surface area contributed by atoms with Crippen molar-refractivity contribution in [3.63, 3.8) is 0 Å². The SMILES string of the molecule is CC1(n2cncc2C2CCNC2)CCOC1. The molecule has 1 aromatic rings. The number of rotatable bonds is 2. The molecule has 0 aromatic carbocycles. The van der Waals surface area contributed by atoms with Crippen molar-refractivity contribution >= 4 is 0 Å². The van der Waals surface area contributed by atoms with Crippen LogP contribution >= 0.6 is 0 Å². The lowest BCUT2D eigenvalue weighted by Gasteiger charge is -2.27. The first-order valence-electron chi connectivity index (χ1n) is 6.11.